The number of hydrogen-bond acceptors (Lipinski definition) is 2. The van der Waals surface area contributed by atoms with Crippen LogP contribution in [0, 0.1) is 0 Å². The van der Waals surface area contributed by atoms with Crippen molar-refractivity contribution >= 4 is 0 Å². The molecule has 1 rings (SSSR count). The molecular weight excluding hydrogens is 99.0 g/mol. The minimum absolute atomic E-state index is 0.0255. The molecule has 0 saturated carbocycles. The molecule has 0 aromatic heterocycles. The standard InChI is InChI=1S/C4H5FO2/c1-3-4(5)7-2-6-3/h2H2,1H3. The Kier molecular flexibility index (Phi) is 0.889. The average molecular weight is 104 g/mol. The highest BCUT2D eigenvalue weighted by Gasteiger charge is 2.10. The van der Waals surface area contributed by atoms with Crippen LogP contribution < -0.4 is 0 Å². The third-order valence-electron chi connectivity index (χ3n) is 0.738. The van der Waals surface area contributed by atoms with E-state index in [0.29, 0.717) is 0 Å². The lowest BCUT2D eigenvalue weighted by Gasteiger charge is -1.85. The van der Waals surface area contributed by atoms with E-state index in [1.165, 1.54) is 6.92 Å². The maximum Gasteiger partial charge on any atom is 0.313 e. The van der Waals surface area contributed by atoms with Crippen LogP contribution >= 0.6 is 0 Å². The first-order valence-electron chi connectivity index (χ1n) is 1.92. The summed E-state index contributed by atoms with van der Waals surface area (Å²) in [6, 6.07) is -0.597. The third kappa shape index (κ3) is 0.656. The van der Waals surface area contributed by atoms with E-state index < -0.39 is 6.01 Å². The molecule has 0 spiro atoms. The van der Waals surface area contributed by atoms with E-state index >= 15 is 0 Å². The van der Waals surface area contributed by atoms with Crippen molar-refractivity contribution in [3.8, 4) is 0 Å². The Labute approximate surface area is 40.5 Å². The Morgan fingerprint density at radius 3 is 2.43 bits per heavy atom. The number of allylic oxidation sites excluding steroid dienone is 1. The van der Waals surface area contributed by atoms with Gasteiger partial charge in [-0.25, -0.2) is 0 Å². The van der Waals surface area contributed by atoms with Gasteiger partial charge in [-0.1, -0.05) is 0 Å². The van der Waals surface area contributed by atoms with Crippen LogP contribution in [0.15, 0.2) is 11.8 Å². The highest BCUT2D eigenvalue weighted by molar-refractivity contribution is 4.91. The topological polar surface area (TPSA) is 18.5 Å². The van der Waals surface area contributed by atoms with Crippen molar-refractivity contribution in [3.05, 3.63) is 11.8 Å². The lowest BCUT2D eigenvalue weighted by Crippen LogP contribution is -1.79. The van der Waals surface area contributed by atoms with Crippen molar-refractivity contribution in [1.82, 2.24) is 0 Å². The van der Waals surface area contributed by atoms with Gasteiger partial charge in [0, 0.05) is 0 Å². The second-order valence-electron chi connectivity index (χ2n) is 1.24. The lowest BCUT2D eigenvalue weighted by molar-refractivity contribution is 0.0533. The van der Waals surface area contributed by atoms with Gasteiger partial charge in [0.1, 0.15) is 0 Å². The molecule has 0 atom stereocenters. The summed E-state index contributed by atoms with van der Waals surface area (Å²) < 4.78 is 20.7. The Balaban J connectivity index is 2.64. The summed E-state index contributed by atoms with van der Waals surface area (Å²) >= 11 is 0. The fourth-order valence-electron chi connectivity index (χ4n) is 0.328. The number of ether oxygens (including phenoxy) is 2. The predicted molar refractivity (Wildman–Crippen MR) is 20.8 cm³/mol. The summed E-state index contributed by atoms with van der Waals surface area (Å²) in [5.41, 5.74) is 0. The van der Waals surface area contributed by atoms with Gasteiger partial charge in [-0.15, -0.1) is 0 Å². The summed E-state index contributed by atoms with van der Waals surface area (Å²) in [7, 11) is 0. The van der Waals surface area contributed by atoms with E-state index in [2.05, 4.69) is 9.47 Å². The highest BCUT2D eigenvalue weighted by Crippen LogP contribution is 2.14. The SMILES string of the molecule is CC1=C(F)OCO1. The van der Waals surface area contributed by atoms with Gasteiger partial charge in [-0.3, -0.25) is 0 Å². The van der Waals surface area contributed by atoms with E-state index in [9.17, 15) is 4.39 Å². The van der Waals surface area contributed by atoms with E-state index in [1.807, 2.05) is 0 Å². The Bertz CT molecular complexity index is 96.3. The molecule has 0 N–H and O–H groups in total. The van der Waals surface area contributed by atoms with Crippen LogP contribution in [0.1, 0.15) is 6.92 Å². The Hall–Kier alpha value is -0.730. The van der Waals surface area contributed by atoms with Gasteiger partial charge in [0.2, 0.25) is 6.79 Å². The zero-order valence-electron chi connectivity index (χ0n) is 3.90. The van der Waals surface area contributed by atoms with Crippen molar-refractivity contribution in [1.29, 1.82) is 0 Å². The minimum atomic E-state index is -0.597. The zero-order valence-corrected chi connectivity index (χ0v) is 3.90. The van der Waals surface area contributed by atoms with E-state index in [1.54, 1.807) is 0 Å². The number of halogens is 1. The molecule has 0 amide bonds. The first-order valence-corrected chi connectivity index (χ1v) is 1.92. The van der Waals surface area contributed by atoms with Gasteiger partial charge in [-0.2, -0.15) is 4.39 Å². The van der Waals surface area contributed by atoms with Crippen molar-refractivity contribution < 1.29 is 13.9 Å². The molecule has 0 bridgehead atoms. The normalized spacial score (nSPS) is 19.1. The summed E-state index contributed by atoms with van der Waals surface area (Å²) in [6.45, 7) is 1.54. The van der Waals surface area contributed by atoms with Gasteiger partial charge < -0.3 is 9.47 Å². The van der Waals surface area contributed by atoms with Crippen LogP contribution in [0.2, 0.25) is 0 Å². The van der Waals surface area contributed by atoms with Gasteiger partial charge >= 0.3 is 6.01 Å². The first-order chi connectivity index (χ1) is 3.30. The van der Waals surface area contributed by atoms with Crippen LogP contribution in [-0.4, -0.2) is 6.79 Å². The molecule has 1 aliphatic heterocycles. The van der Waals surface area contributed by atoms with Crippen LogP contribution in [0.4, 0.5) is 4.39 Å². The van der Waals surface area contributed by atoms with Gasteiger partial charge in [0.25, 0.3) is 0 Å². The minimum Gasteiger partial charge on any atom is -0.456 e. The van der Waals surface area contributed by atoms with Crippen LogP contribution in [0.25, 0.3) is 0 Å². The molecule has 1 aliphatic rings. The van der Waals surface area contributed by atoms with Crippen molar-refractivity contribution in [3.63, 3.8) is 0 Å². The molecule has 0 aromatic carbocycles. The molecule has 0 aliphatic carbocycles. The molecular formula is C4H5FO2. The second kappa shape index (κ2) is 1.40. The Morgan fingerprint density at radius 1 is 1.57 bits per heavy atom. The second-order valence-corrected chi connectivity index (χ2v) is 1.24. The lowest BCUT2D eigenvalue weighted by atomic mass is 10.6. The molecule has 0 unspecified atom stereocenters. The molecule has 2 nitrogen and oxygen atoms in total. The molecule has 1 heterocycles. The summed E-state index contributed by atoms with van der Waals surface area (Å²) in [6.07, 6.45) is 0. The fourth-order valence-corrected chi connectivity index (χ4v) is 0.328. The van der Waals surface area contributed by atoms with Crippen LogP contribution in [0.3, 0.4) is 0 Å². The van der Waals surface area contributed by atoms with Crippen molar-refractivity contribution in [2.75, 3.05) is 6.79 Å². The van der Waals surface area contributed by atoms with Crippen molar-refractivity contribution in [2.45, 2.75) is 6.92 Å². The van der Waals surface area contributed by atoms with Gasteiger partial charge in [0.05, 0.1) is 0 Å². The van der Waals surface area contributed by atoms with E-state index in [4.69, 9.17) is 0 Å². The number of rotatable bonds is 0. The maximum atomic E-state index is 11.8. The monoisotopic (exact) mass is 104 g/mol. The van der Waals surface area contributed by atoms with Gasteiger partial charge in [0.15, 0.2) is 5.76 Å². The van der Waals surface area contributed by atoms with Gasteiger partial charge in [-0.05, 0) is 6.92 Å². The summed E-state index contributed by atoms with van der Waals surface area (Å²) in [4.78, 5) is 0. The maximum absolute atomic E-state index is 11.8. The zero-order chi connectivity index (χ0) is 5.28. The van der Waals surface area contributed by atoms with E-state index in [0.717, 1.165) is 0 Å². The Morgan fingerprint density at radius 2 is 2.29 bits per heavy atom. The molecule has 7 heavy (non-hydrogen) atoms. The first kappa shape index (κ1) is 4.43. The third-order valence-corrected chi connectivity index (χ3v) is 0.738. The highest BCUT2D eigenvalue weighted by atomic mass is 19.1. The molecule has 3 heteroatoms. The largest absolute Gasteiger partial charge is 0.456 e. The predicted octanol–water partition coefficient (Wildman–Crippen LogP) is 1.15. The quantitative estimate of drug-likeness (QED) is 0.459. The van der Waals surface area contributed by atoms with E-state index in [-0.39, 0.29) is 12.6 Å². The van der Waals surface area contributed by atoms with Crippen LogP contribution in [0.5, 0.6) is 0 Å². The molecule has 0 saturated heterocycles. The van der Waals surface area contributed by atoms with Crippen molar-refractivity contribution in [2.24, 2.45) is 0 Å². The summed E-state index contributed by atoms with van der Waals surface area (Å²) in [5, 5.41) is 0. The number of hydrogen-bond donors (Lipinski definition) is 0. The molecule has 0 radical (unpaired) electrons. The van der Waals surface area contributed by atoms with Crippen LogP contribution in [-0.2, 0) is 9.47 Å². The smallest absolute Gasteiger partial charge is 0.313 e. The average Bonchev–Trinajstić information content (AvgIpc) is 1.91. The molecule has 40 valence electrons. The fraction of sp³-hybridized carbons (Fsp3) is 0.500. The summed E-state index contributed by atoms with van der Waals surface area (Å²) in [5.74, 6) is 0.236. The molecule has 0 aromatic rings. The molecule has 0 fully saturated rings.